The summed E-state index contributed by atoms with van der Waals surface area (Å²) in [5.41, 5.74) is 3.92. The molecule has 4 aromatic rings. The van der Waals surface area contributed by atoms with Gasteiger partial charge < -0.3 is 9.72 Å². The number of hydrogen-bond acceptors (Lipinski definition) is 5. The first-order chi connectivity index (χ1) is 14.5. The lowest BCUT2D eigenvalue weighted by molar-refractivity contribution is 0.104. The number of aromatic nitrogens is 2. The molecule has 30 heavy (non-hydrogen) atoms. The smallest absolute Gasteiger partial charge is 0.205 e. The van der Waals surface area contributed by atoms with E-state index in [1.165, 1.54) is 0 Å². The Kier molecular flexibility index (Phi) is 5.46. The molecule has 5 nitrogen and oxygen atoms in total. The maximum atomic E-state index is 13.1. The third kappa shape index (κ3) is 4.02. The van der Waals surface area contributed by atoms with Crippen LogP contribution in [-0.4, -0.2) is 15.8 Å². The number of benzene rings is 2. The van der Waals surface area contributed by atoms with Crippen molar-refractivity contribution in [1.29, 1.82) is 5.26 Å². The van der Waals surface area contributed by atoms with Crippen LogP contribution in [-0.2, 0) is 6.61 Å². The van der Waals surface area contributed by atoms with E-state index in [-0.39, 0.29) is 11.4 Å². The molecule has 2 aromatic carbocycles. The number of carbonyl (C=O) groups is 1. The topological polar surface area (TPSA) is 78.8 Å². The summed E-state index contributed by atoms with van der Waals surface area (Å²) in [4.78, 5) is 20.6. The number of Topliss-reactive ketones (excluding diaryl/α,β-unsaturated/α-hetero) is 1. The number of para-hydroxylation sites is 1. The minimum atomic E-state index is -0.285. The molecule has 6 heteroatoms. The zero-order chi connectivity index (χ0) is 21.1. The highest BCUT2D eigenvalue weighted by Gasteiger charge is 2.19. The van der Waals surface area contributed by atoms with E-state index in [9.17, 15) is 10.1 Å². The highest BCUT2D eigenvalue weighted by molar-refractivity contribution is 7.09. The highest BCUT2D eigenvalue weighted by Crippen LogP contribution is 2.25. The summed E-state index contributed by atoms with van der Waals surface area (Å²) in [6, 6.07) is 16.9. The molecule has 2 heterocycles. The Balaban J connectivity index is 1.54. The second-order valence-electron chi connectivity index (χ2n) is 6.89. The minimum absolute atomic E-state index is 0.0921. The number of fused-ring (bicyclic) bond motifs is 1. The van der Waals surface area contributed by atoms with E-state index in [0.29, 0.717) is 17.9 Å². The van der Waals surface area contributed by atoms with Crippen molar-refractivity contribution in [3.63, 3.8) is 0 Å². The number of nitrogens with zero attached hydrogens (tertiary/aromatic N) is 2. The number of thiazole rings is 1. The van der Waals surface area contributed by atoms with E-state index in [1.807, 2.05) is 67.8 Å². The first-order valence-electron chi connectivity index (χ1n) is 9.43. The van der Waals surface area contributed by atoms with Gasteiger partial charge in [0.15, 0.2) is 0 Å². The summed E-state index contributed by atoms with van der Waals surface area (Å²) in [6.07, 6.45) is 1.61. The fourth-order valence-corrected chi connectivity index (χ4v) is 3.91. The molecule has 0 spiro atoms. The van der Waals surface area contributed by atoms with Gasteiger partial charge in [-0.2, -0.15) is 5.26 Å². The maximum absolute atomic E-state index is 13.1. The molecular formula is C24H19N3O2S. The van der Waals surface area contributed by atoms with E-state index >= 15 is 0 Å². The molecule has 0 amide bonds. The van der Waals surface area contributed by atoms with Crippen LogP contribution in [0.25, 0.3) is 17.0 Å². The summed E-state index contributed by atoms with van der Waals surface area (Å²) in [6.45, 7) is 4.21. The summed E-state index contributed by atoms with van der Waals surface area (Å²) < 4.78 is 5.75. The van der Waals surface area contributed by atoms with Crippen molar-refractivity contribution in [3.8, 4) is 11.8 Å². The Bertz CT molecular complexity index is 1290. The van der Waals surface area contributed by atoms with Crippen molar-refractivity contribution >= 4 is 34.1 Å². The predicted octanol–water partition coefficient (Wildman–Crippen LogP) is 5.61. The molecule has 0 unspecified atom stereocenters. The average molecular weight is 414 g/mol. The third-order valence-corrected chi connectivity index (χ3v) is 5.55. The summed E-state index contributed by atoms with van der Waals surface area (Å²) in [5.74, 6) is 0.418. The van der Waals surface area contributed by atoms with Gasteiger partial charge >= 0.3 is 0 Å². The van der Waals surface area contributed by atoms with Crippen LogP contribution in [0.15, 0.2) is 59.5 Å². The second-order valence-corrected chi connectivity index (χ2v) is 7.95. The van der Waals surface area contributed by atoms with Gasteiger partial charge in [0.2, 0.25) is 5.78 Å². The van der Waals surface area contributed by atoms with Gasteiger partial charge in [-0.05, 0) is 43.7 Å². The number of H-pyrrole nitrogens is 1. The van der Waals surface area contributed by atoms with E-state index in [1.54, 1.807) is 17.4 Å². The molecule has 148 valence electrons. The average Bonchev–Trinajstić information content (AvgIpc) is 3.32. The monoisotopic (exact) mass is 413 g/mol. The number of nitrogens with one attached hydrogen (secondary N) is 1. The quantitative estimate of drug-likeness (QED) is 0.253. The largest absolute Gasteiger partial charge is 0.487 e. The van der Waals surface area contributed by atoms with Crippen molar-refractivity contribution < 1.29 is 9.53 Å². The van der Waals surface area contributed by atoms with E-state index in [2.05, 4.69) is 16.0 Å². The highest BCUT2D eigenvalue weighted by atomic mass is 32.1. The van der Waals surface area contributed by atoms with Crippen molar-refractivity contribution in [2.45, 2.75) is 20.5 Å². The lowest BCUT2D eigenvalue weighted by atomic mass is 9.99. The fraction of sp³-hybridized carbons (Fsp3) is 0.125. The van der Waals surface area contributed by atoms with Crippen LogP contribution in [0.3, 0.4) is 0 Å². The number of allylic oxidation sites excluding steroid dienone is 1. The molecule has 0 radical (unpaired) electrons. The molecule has 2 aromatic heterocycles. The molecule has 0 aliphatic heterocycles. The standard InChI is InChI=1S/C24H19N3O2S/c1-15-23(21-5-3-4-6-22(21)26-15)24(28)18(12-25)11-17-7-9-20(10-8-17)29-13-19-14-30-16(2)27-19/h3-11,14,26H,13H2,1-2H3. The Morgan fingerprint density at radius 2 is 1.97 bits per heavy atom. The summed E-state index contributed by atoms with van der Waals surface area (Å²) in [5, 5.41) is 13.4. The minimum Gasteiger partial charge on any atom is -0.487 e. The number of nitriles is 1. The molecule has 0 atom stereocenters. The molecule has 0 saturated heterocycles. The second kappa shape index (κ2) is 8.36. The predicted molar refractivity (Wildman–Crippen MR) is 119 cm³/mol. The van der Waals surface area contributed by atoms with Gasteiger partial charge in [0, 0.05) is 22.0 Å². The molecule has 4 rings (SSSR count). The number of carbonyl (C=O) groups excluding carboxylic acids is 1. The number of ether oxygens (including phenoxy) is 1. The maximum Gasteiger partial charge on any atom is 0.205 e. The van der Waals surface area contributed by atoms with Gasteiger partial charge in [-0.15, -0.1) is 11.3 Å². The first kappa shape index (κ1) is 19.6. The SMILES string of the molecule is Cc1nc(COc2ccc(C=C(C#N)C(=O)c3c(C)[nH]c4ccccc34)cc2)cs1. The van der Waals surface area contributed by atoms with E-state index in [4.69, 9.17) is 4.74 Å². The summed E-state index contributed by atoms with van der Waals surface area (Å²) in [7, 11) is 0. The lowest BCUT2D eigenvalue weighted by Crippen LogP contribution is -2.03. The van der Waals surface area contributed by atoms with E-state index in [0.717, 1.165) is 32.9 Å². The first-order valence-corrected chi connectivity index (χ1v) is 10.3. The van der Waals surface area contributed by atoms with Crippen molar-refractivity contribution in [2.75, 3.05) is 0 Å². The van der Waals surface area contributed by atoms with Crippen LogP contribution in [0, 0.1) is 25.2 Å². The zero-order valence-electron chi connectivity index (χ0n) is 16.6. The van der Waals surface area contributed by atoms with Gasteiger partial charge in [0.25, 0.3) is 0 Å². The molecule has 0 aliphatic rings. The van der Waals surface area contributed by atoms with Crippen molar-refractivity contribution in [3.05, 3.63) is 87.0 Å². The van der Waals surface area contributed by atoms with Gasteiger partial charge in [-0.25, -0.2) is 4.98 Å². The van der Waals surface area contributed by atoms with Gasteiger partial charge in [-0.1, -0.05) is 30.3 Å². The molecule has 0 aliphatic carbocycles. The fourth-order valence-electron chi connectivity index (χ4n) is 3.31. The Morgan fingerprint density at radius 1 is 1.20 bits per heavy atom. The van der Waals surface area contributed by atoms with Crippen LogP contribution in [0.4, 0.5) is 0 Å². The Morgan fingerprint density at radius 3 is 2.67 bits per heavy atom. The molecule has 0 fully saturated rings. The Labute approximate surface area is 178 Å². The lowest BCUT2D eigenvalue weighted by Gasteiger charge is -2.05. The number of aryl methyl sites for hydroxylation is 2. The number of hydrogen-bond donors (Lipinski definition) is 1. The van der Waals surface area contributed by atoms with Gasteiger partial charge in [0.05, 0.1) is 16.3 Å². The van der Waals surface area contributed by atoms with Crippen LogP contribution in [0.1, 0.15) is 32.3 Å². The van der Waals surface area contributed by atoms with Crippen LogP contribution < -0.4 is 4.74 Å². The van der Waals surface area contributed by atoms with Crippen molar-refractivity contribution in [2.24, 2.45) is 0 Å². The molecule has 0 saturated carbocycles. The number of aromatic amines is 1. The van der Waals surface area contributed by atoms with Crippen LogP contribution in [0.2, 0.25) is 0 Å². The van der Waals surface area contributed by atoms with Crippen molar-refractivity contribution in [1.82, 2.24) is 9.97 Å². The van der Waals surface area contributed by atoms with E-state index < -0.39 is 0 Å². The Hall–Kier alpha value is -3.69. The normalized spacial score (nSPS) is 11.4. The van der Waals surface area contributed by atoms with Gasteiger partial charge in [-0.3, -0.25) is 4.79 Å². The molecule has 0 bridgehead atoms. The van der Waals surface area contributed by atoms with Crippen LogP contribution >= 0.6 is 11.3 Å². The summed E-state index contributed by atoms with van der Waals surface area (Å²) >= 11 is 1.59. The van der Waals surface area contributed by atoms with Crippen LogP contribution in [0.5, 0.6) is 5.75 Å². The zero-order valence-corrected chi connectivity index (χ0v) is 17.4. The number of rotatable bonds is 6. The number of ketones is 1. The van der Waals surface area contributed by atoms with Gasteiger partial charge in [0.1, 0.15) is 24.0 Å². The molecule has 1 N–H and O–H groups in total. The molecular weight excluding hydrogens is 394 g/mol. The third-order valence-electron chi connectivity index (χ3n) is 4.73.